The van der Waals surface area contributed by atoms with Crippen LogP contribution in [0.5, 0.6) is 0 Å². The largest absolute Gasteiger partial charge is 0.353 e. The molecule has 5 heteroatoms. The molecule has 0 aromatic heterocycles. The van der Waals surface area contributed by atoms with Gasteiger partial charge in [0.15, 0.2) is 0 Å². The number of carbonyl (C=O) groups is 2. The van der Waals surface area contributed by atoms with E-state index in [0.717, 1.165) is 12.8 Å². The highest BCUT2D eigenvalue weighted by Gasteiger charge is 2.30. The summed E-state index contributed by atoms with van der Waals surface area (Å²) in [6.07, 6.45) is 5.80. The zero-order chi connectivity index (χ0) is 12.3. The molecule has 2 fully saturated rings. The monoisotopic (exact) mass is 239 g/mol. The van der Waals surface area contributed by atoms with E-state index >= 15 is 0 Å². The van der Waals surface area contributed by atoms with E-state index < -0.39 is 0 Å². The summed E-state index contributed by atoms with van der Waals surface area (Å²) in [5.74, 6) is -0.0601. The van der Waals surface area contributed by atoms with Crippen LogP contribution in [0.15, 0.2) is 0 Å². The summed E-state index contributed by atoms with van der Waals surface area (Å²) < 4.78 is 0. The van der Waals surface area contributed by atoms with Gasteiger partial charge in [0.2, 0.25) is 5.91 Å². The van der Waals surface area contributed by atoms with Crippen molar-refractivity contribution < 1.29 is 9.59 Å². The van der Waals surface area contributed by atoms with Crippen molar-refractivity contribution in [2.45, 2.75) is 51.1 Å². The van der Waals surface area contributed by atoms with Crippen molar-refractivity contribution in [3.8, 4) is 0 Å². The number of carbonyl (C=O) groups excluding carboxylic acids is 2. The van der Waals surface area contributed by atoms with E-state index in [1.54, 1.807) is 11.8 Å². The fourth-order valence-electron chi connectivity index (χ4n) is 2.56. The Bertz CT molecular complexity index is 300. The molecule has 2 rings (SSSR count). The summed E-state index contributed by atoms with van der Waals surface area (Å²) in [5.41, 5.74) is 0. The lowest BCUT2D eigenvalue weighted by Crippen LogP contribution is -2.59. The van der Waals surface area contributed by atoms with E-state index in [0.29, 0.717) is 19.1 Å². The van der Waals surface area contributed by atoms with Crippen LogP contribution in [0.3, 0.4) is 0 Å². The Kier molecular flexibility index (Phi) is 3.86. The van der Waals surface area contributed by atoms with Crippen LogP contribution in [-0.4, -0.2) is 42.0 Å². The molecule has 1 heterocycles. The quantitative estimate of drug-likeness (QED) is 0.712. The highest BCUT2D eigenvalue weighted by atomic mass is 16.2. The number of amides is 3. The van der Waals surface area contributed by atoms with Crippen molar-refractivity contribution in [3.05, 3.63) is 0 Å². The van der Waals surface area contributed by atoms with E-state index in [2.05, 4.69) is 10.6 Å². The molecule has 1 saturated carbocycles. The minimum absolute atomic E-state index is 0.0601. The lowest BCUT2D eigenvalue weighted by atomic mass is 9.96. The molecule has 1 unspecified atom stereocenters. The van der Waals surface area contributed by atoms with E-state index in [4.69, 9.17) is 0 Å². The van der Waals surface area contributed by atoms with E-state index in [1.165, 1.54) is 19.3 Å². The predicted molar refractivity (Wildman–Crippen MR) is 64.6 cm³/mol. The van der Waals surface area contributed by atoms with Crippen LogP contribution < -0.4 is 10.6 Å². The number of rotatable bonds is 1. The van der Waals surface area contributed by atoms with Crippen LogP contribution in [0.1, 0.15) is 39.0 Å². The zero-order valence-corrected chi connectivity index (χ0v) is 10.4. The van der Waals surface area contributed by atoms with Gasteiger partial charge in [0, 0.05) is 19.1 Å². The number of urea groups is 1. The lowest BCUT2D eigenvalue weighted by molar-refractivity contribution is -0.126. The summed E-state index contributed by atoms with van der Waals surface area (Å²) >= 11 is 0. The maximum absolute atomic E-state index is 12.1. The molecular formula is C12H21N3O2. The molecule has 5 nitrogen and oxygen atoms in total. The van der Waals surface area contributed by atoms with Gasteiger partial charge in [-0.3, -0.25) is 4.79 Å². The lowest BCUT2D eigenvalue weighted by Gasteiger charge is -2.34. The van der Waals surface area contributed by atoms with Gasteiger partial charge in [0.1, 0.15) is 6.04 Å². The van der Waals surface area contributed by atoms with Crippen LogP contribution in [0.2, 0.25) is 0 Å². The van der Waals surface area contributed by atoms with Gasteiger partial charge in [-0.2, -0.15) is 0 Å². The molecule has 96 valence electrons. The van der Waals surface area contributed by atoms with Gasteiger partial charge in [0.05, 0.1) is 0 Å². The predicted octanol–water partition coefficient (Wildman–Crippen LogP) is 0.849. The minimum atomic E-state index is -0.354. The number of hydrogen-bond donors (Lipinski definition) is 2. The SMILES string of the molecule is CC1C(=O)NCCN1C(=O)NC1CCCCC1. The standard InChI is InChI=1S/C12H21N3O2/c1-9-11(16)13-7-8-15(9)12(17)14-10-5-3-2-4-6-10/h9-10H,2-8H2,1H3,(H,13,16)(H,14,17). The maximum atomic E-state index is 12.1. The third-order valence-corrected chi connectivity index (χ3v) is 3.69. The molecule has 0 aromatic rings. The van der Waals surface area contributed by atoms with Crippen molar-refractivity contribution in [2.75, 3.05) is 13.1 Å². The Morgan fingerprint density at radius 3 is 2.76 bits per heavy atom. The molecule has 0 bridgehead atoms. The first-order valence-electron chi connectivity index (χ1n) is 6.53. The topological polar surface area (TPSA) is 61.4 Å². The number of nitrogens with zero attached hydrogens (tertiary/aromatic N) is 1. The van der Waals surface area contributed by atoms with Gasteiger partial charge in [-0.05, 0) is 19.8 Å². The van der Waals surface area contributed by atoms with Crippen molar-refractivity contribution >= 4 is 11.9 Å². The molecule has 0 spiro atoms. The maximum Gasteiger partial charge on any atom is 0.318 e. The van der Waals surface area contributed by atoms with Crippen LogP contribution in [0.25, 0.3) is 0 Å². The van der Waals surface area contributed by atoms with Crippen LogP contribution >= 0.6 is 0 Å². The van der Waals surface area contributed by atoms with Crippen molar-refractivity contribution in [1.29, 1.82) is 0 Å². The van der Waals surface area contributed by atoms with Crippen LogP contribution in [-0.2, 0) is 4.79 Å². The fourth-order valence-corrected chi connectivity index (χ4v) is 2.56. The Morgan fingerprint density at radius 2 is 2.06 bits per heavy atom. The van der Waals surface area contributed by atoms with E-state index in [1.807, 2.05) is 0 Å². The summed E-state index contributed by atoms with van der Waals surface area (Å²) in [4.78, 5) is 25.2. The average molecular weight is 239 g/mol. The third kappa shape index (κ3) is 2.90. The first-order valence-corrected chi connectivity index (χ1v) is 6.53. The summed E-state index contributed by atoms with van der Waals surface area (Å²) in [6, 6.07) is -0.139. The molecule has 0 aromatic carbocycles. The molecule has 1 saturated heterocycles. The molecular weight excluding hydrogens is 218 g/mol. The Labute approximate surface area is 102 Å². The average Bonchev–Trinajstić information content (AvgIpc) is 2.34. The van der Waals surface area contributed by atoms with Crippen molar-refractivity contribution in [1.82, 2.24) is 15.5 Å². The van der Waals surface area contributed by atoms with Crippen LogP contribution in [0, 0.1) is 0 Å². The van der Waals surface area contributed by atoms with Crippen molar-refractivity contribution in [2.24, 2.45) is 0 Å². The first kappa shape index (κ1) is 12.2. The summed E-state index contributed by atoms with van der Waals surface area (Å²) in [6.45, 7) is 2.93. The van der Waals surface area contributed by atoms with Crippen LogP contribution in [0.4, 0.5) is 4.79 Å². The van der Waals surface area contributed by atoms with E-state index in [9.17, 15) is 9.59 Å². The molecule has 17 heavy (non-hydrogen) atoms. The van der Waals surface area contributed by atoms with Gasteiger partial charge >= 0.3 is 6.03 Å². The first-order chi connectivity index (χ1) is 8.18. The summed E-state index contributed by atoms with van der Waals surface area (Å²) in [7, 11) is 0. The smallest absolute Gasteiger partial charge is 0.318 e. The molecule has 2 N–H and O–H groups in total. The molecule has 1 atom stereocenters. The minimum Gasteiger partial charge on any atom is -0.353 e. The second-order valence-electron chi connectivity index (χ2n) is 4.94. The molecule has 0 radical (unpaired) electrons. The van der Waals surface area contributed by atoms with Gasteiger partial charge < -0.3 is 15.5 Å². The zero-order valence-electron chi connectivity index (χ0n) is 10.4. The highest BCUT2D eigenvalue weighted by Crippen LogP contribution is 2.18. The second-order valence-corrected chi connectivity index (χ2v) is 4.94. The van der Waals surface area contributed by atoms with Gasteiger partial charge in [-0.25, -0.2) is 4.79 Å². The molecule has 3 amide bonds. The Balaban J connectivity index is 1.87. The third-order valence-electron chi connectivity index (χ3n) is 3.69. The Morgan fingerprint density at radius 1 is 1.35 bits per heavy atom. The highest BCUT2D eigenvalue weighted by molar-refractivity contribution is 5.87. The van der Waals surface area contributed by atoms with E-state index in [-0.39, 0.29) is 18.0 Å². The number of nitrogens with one attached hydrogen (secondary N) is 2. The fraction of sp³-hybridized carbons (Fsp3) is 0.833. The normalized spacial score (nSPS) is 26.5. The number of piperazine rings is 1. The van der Waals surface area contributed by atoms with Crippen molar-refractivity contribution in [3.63, 3.8) is 0 Å². The molecule has 2 aliphatic rings. The number of hydrogen-bond acceptors (Lipinski definition) is 2. The molecule has 1 aliphatic carbocycles. The van der Waals surface area contributed by atoms with Gasteiger partial charge in [-0.15, -0.1) is 0 Å². The summed E-state index contributed by atoms with van der Waals surface area (Å²) in [5, 5.41) is 5.81. The molecule has 1 aliphatic heterocycles. The second kappa shape index (κ2) is 5.38. The van der Waals surface area contributed by atoms with Gasteiger partial charge in [-0.1, -0.05) is 19.3 Å². The van der Waals surface area contributed by atoms with Gasteiger partial charge in [0.25, 0.3) is 0 Å². The Hall–Kier alpha value is -1.26.